The summed E-state index contributed by atoms with van der Waals surface area (Å²) in [6.45, 7) is 5.79. The van der Waals surface area contributed by atoms with E-state index in [-0.39, 0.29) is 5.75 Å². The first kappa shape index (κ1) is 13.9. The molecule has 1 N–H and O–H groups in total. The fraction of sp³-hybridized carbons (Fsp3) is 1.00. The Labute approximate surface area is 87.7 Å². The molecule has 14 heavy (non-hydrogen) atoms. The Morgan fingerprint density at radius 1 is 1.14 bits per heavy atom. The minimum absolute atomic E-state index is 0.198. The molecule has 0 unspecified atom stereocenters. The lowest BCUT2D eigenvalue weighted by Gasteiger charge is -2.20. The van der Waals surface area contributed by atoms with Crippen molar-refractivity contribution in [3.05, 3.63) is 0 Å². The van der Waals surface area contributed by atoms with Crippen LogP contribution in [0.1, 0.15) is 26.7 Å². The molecule has 0 radical (unpaired) electrons. The summed E-state index contributed by atoms with van der Waals surface area (Å²) in [6.07, 6.45) is 1.75. The van der Waals surface area contributed by atoms with Crippen LogP contribution in [0.15, 0.2) is 0 Å². The summed E-state index contributed by atoms with van der Waals surface area (Å²) in [5.74, 6) is 0.198. The molecule has 0 aliphatic rings. The molecular formula is C9H22N2O2S. The number of sulfonamides is 1. The maximum Gasteiger partial charge on any atom is 0.215 e. The van der Waals surface area contributed by atoms with Crippen LogP contribution in [0.3, 0.4) is 0 Å². The van der Waals surface area contributed by atoms with Crippen molar-refractivity contribution in [3.8, 4) is 0 Å². The summed E-state index contributed by atoms with van der Waals surface area (Å²) in [7, 11) is -1.27. The Hall–Kier alpha value is -0.130. The fourth-order valence-electron chi connectivity index (χ4n) is 1.25. The number of nitrogens with one attached hydrogen (secondary N) is 1. The third-order valence-electron chi connectivity index (χ3n) is 1.95. The van der Waals surface area contributed by atoms with E-state index < -0.39 is 10.0 Å². The fourth-order valence-corrected chi connectivity index (χ4v) is 2.89. The zero-order valence-corrected chi connectivity index (χ0v) is 10.2. The van der Waals surface area contributed by atoms with Crippen molar-refractivity contribution in [1.29, 1.82) is 0 Å². The highest BCUT2D eigenvalue weighted by molar-refractivity contribution is 7.89. The van der Waals surface area contributed by atoms with Gasteiger partial charge in [0.1, 0.15) is 0 Å². The molecule has 0 saturated heterocycles. The molecule has 0 amide bonds. The normalized spacial score (nSPS) is 12.3. The van der Waals surface area contributed by atoms with E-state index in [9.17, 15) is 8.42 Å². The van der Waals surface area contributed by atoms with Crippen LogP contribution < -0.4 is 5.32 Å². The van der Waals surface area contributed by atoms with Gasteiger partial charge in [-0.15, -0.1) is 0 Å². The predicted octanol–water partition coefficient (Wildman–Crippen LogP) is 0.658. The third-order valence-corrected chi connectivity index (χ3v) is 3.82. The van der Waals surface area contributed by atoms with Gasteiger partial charge < -0.3 is 5.32 Å². The largest absolute Gasteiger partial charge is 0.319 e. The van der Waals surface area contributed by atoms with Gasteiger partial charge in [-0.05, 0) is 19.9 Å². The van der Waals surface area contributed by atoms with Crippen molar-refractivity contribution < 1.29 is 8.42 Å². The molecule has 0 atom stereocenters. The number of hydrogen-bond acceptors (Lipinski definition) is 3. The van der Waals surface area contributed by atoms with Crippen LogP contribution in [-0.4, -0.2) is 45.2 Å². The second kappa shape index (κ2) is 7.20. The molecule has 0 spiro atoms. The minimum Gasteiger partial charge on any atom is -0.319 e. The van der Waals surface area contributed by atoms with Gasteiger partial charge in [0.2, 0.25) is 10.0 Å². The maximum absolute atomic E-state index is 11.8. The van der Waals surface area contributed by atoms with E-state index in [0.29, 0.717) is 19.6 Å². The van der Waals surface area contributed by atoms with Crippen LogP contribution in [0.4, 0.5) is 0 Å². The van der Waals surface area contributed by atoms with Gasteiger partial charge in [-0.3, -0.25) is 0 Å². The highest BCUT2D eigenvalue weighted by atomic mass is 32.2. The van der Waals surface area contributed by atoms with Crippen molar-refractivity contribution in [3.63, 3.8) is 0 Å². The quantitative estimate of drug-likeness (QED) is 0.656. The summed E-state index contributed by atoms with van der Waals surface area (Å²) in [6, 6.07) is 0. The molecule has 0 aromatic heterocycles. The Morgan fingerprint density at radius 3 is 2.00 bits per heavy atom. The Bertz CT molecular complexity index is 221. The first-order valence-corrected chi connectivity index (χ1v) is 6.81. The molecule has 0 bridgehead atoms. The lowest BCUT2D eigenvalue weighted by Crippen LogP contribution is -2.36. The molecule has 5 heteroatoms. The Kier molecular flexibility index (Phi) is 7.13. The van der Waals surface area contributed by atoms with Gasteiger partial charge in [-0.2, -0.15) is 0 Å². The third kappa shape index (κ3) is 4.93. The summed E-state index contributed by atoms with van der Waals surface area (Å²) in [5, 5.41) is 2.86. The van der Waals surface area contributed by atoms with Gasteiger partial charge >= 0.3 is 0 Å². The van der Waals surface area contributed by atoms with Gasteiger partial charge in [0.05, 0.1) is 5.75 Å². The lowest BCUT2D eigenvalue weighted by atomic mass is 10.4. The first-order chi connectivity index (χ1) is 6.58. The molecule has 0 aliphatic heterocycles. The molecule has 0 aliphatic carbocycles. The van der Waals surface area contributed by atoms with Crippen LogP contribution in [0.25, 0.3) is 0 Å². The van der Waals surface area contributed by atoms with E-state index in [1.165, 1.54) is 0 Å². The smallest absolute Gasteiger partial charge is 0.215 e. The molecule has 0 aromatic rings. The number of nitrogens with zero attached hydrogens (tertiary/aromatic N) is 1. The van der Waals surface area contributed by atoms with Gasteiger partial charge in [-0.1, -0.05) is 13.8 Å². The van der Waals surface area contributed by atoms with Gasteiger partial charge in [-0.25, -0.2) is 12.7 Å². The molecule has 0 rings (SSSR count). The topological polar surface area (TPSA) is 49.4 Å². The van der Waals surface area contributed by atoms with Gasteiger partial charge in [0, 0.05) is 19.6 Å². The van der Waals surface area contributed by atoms with Crippen LogP contribution in [0.2, 0.25) is 0 Å². The monoisotopic (exact) mass is 222 g/mol. The predicted molar refractivity (Wildman–Crippen MR) is 59.9 cm³/mol. The average molecular weight is 222 g/mol. The van der Waals surface area contributed by atoms with Crippen molar-refractivity contribution >= 4 is 10.0 Å². The van der Waals surface area contributed by atoms with Crippen LogP contribution in [0.5, 0.6) is 0 Å². The van der Waals surface area contributed by atoms with E-state index >= 15 is 0 Å². The first-order valence-electron chi connectivity index (χ1n) is 5.20. The minimum atomic E-state index is -3.04. The van der Waals surface area contributed by atoms with E-state index in [2.05, 4.69) is 5.32 Å². The van der Waals surface area contributed by atoms with E-state index in [1.807, 2.05) is 13.8 Å². The molecule has 0 aromatic carbocycles. The molecule has 0 heterocycles. The van der Waals surface area contributed by atoms with Crippen molar-refractivity contribution in [1.82, 2.24) is 9.62 Å². The van der Waals surface area contributed by atoms with Crippen LogP contribution >= 0.6 is 0 Å². The van der Waals surface area contributed by atoms with Crippen molar-refractivity contribution in [2.45, 2.75) is 26.7 Å². The molecule has 0 fully saturated rings. The maximum atomic E-state index is 11.8. The molecule has 86 valence electrons. The summed E-state index contributed by atoms with van der Waals surface area (Å²) in [5.41, 5.74) is 0. The summed E-state index contributed by atoms with van der Waals surface area (Å²) >= 11 is 0. The zero-order valence-electron chi connectivity index (χ0n) is 9.41. The Balaban J connectivity index is 4.29. The second-order valence-electron chi connectivity index (χ2n) is 3.32. The SMILES string of the molecule is CCCN(CCC)S(=O)(=O)CCNC. The number of rotatable bonds is 8. The lowest BCUT2D eigenvalue weighted by molar-refractivity contribution is 0.409. The second-order valence-corrected chi connectivity index (χ2v) is 5.41. The summed E-state index contributed by atoms with van der Waals surface area (Å²) < 4.78 is 25.1. The number of hydrogen-bond donors (Lipinski definition) is 1. The van der Waals surface area contributed by atoms with Crippen LogP contribution in [0, 0.1) is 0 Å². The van der Waals surface area contributed by atoms with Gasteiger partial charge in [0.15, 0.2) is 0 Å². The molecular weight excluding hydrogens is 200 g/mol. The highest BCUT2D eigenvalue weighted by Gasteiger charge is 2.19. The molecule has 0 saturated carbocycles. The standard InChI is InChI=1S/C9H22N2O2S/c1-4-7-11(8-5-2)14(12,13)9-6-10-3/h10H,4-9H2,1-3H3. The average Bonchev–Trinajstić information content (AvgIpc) is 2.14. The summed E-state index contributed by atoms with van der Waals surface area (Å²) in [4.78, 5) is 0. The van der Waals surface area contributed by atoms with E-state index in [1.54, 1.807) is 11.4 Å². The molecule has 4 nitrogen and oxygen atoms in total. The van der Waals surface area contributed by atoms with E-state index in [0.717, 1.165) is 12.8 Å². The van der Waals surface area contributed by atoms with Crippen LogP contribution in [-0.2, 0) is 10.0 Å². The highest BCUT2D eigenvalue weighted by Crippen LogP contribution is 2.03. The van der Waals surface area contributed by atoms with Crippen molar-refractivity contribution in [2.75, 3.05) is 32.4 Å². The van der Waals surface area contributed by atoms with E-state index in [4.69, 9.17) is 0 Å². The zero-order chi connectivity index (χ0) is 11.0. The van der Waals surface area contributed by atoms with Gasteiger partial charge in [0.25, 0.3) is 0 Å². The van der Waals surface area contributed by atoms with Crippen molar-refractivity contribution in [2.24, 2.45) is 0 Å². The Morgan fingerprint density at radius 2 is 1.64 bits per heavy atom.